The lowest BCUT2D eigenvalue weighted by atomic mass is 9.92. The zero-order chi connectivity index (χ0) is 15.5. The van der Waals surface area contributed by atoms with Gasteiger partial charge in [0.1, 0.15) is 5.82 Å². The molecule has 1 heterocycles. The van der Waals surface area contributed by atoms with Crippen LogP contribution in [0.2, 0.25) is 0 Å². The Morgan fingerprint density at radius 1 is 1.48 bits per heavy atom. The van der Waals surface area contributed by atoms with Gasteiger partial charge in [0.25, 0.3) is 0 Å². The van der Waals surface area contributed by atoms with Crippen LogP contribution in [-0.2, 0) is 4.74 Å². The van der Waals surface area contributed by atoms with Crippen molar-refractivity contribution < 1.29 is 13.9 Å². The number of halogens is 1. The summed E-state index contributed by atoms with van der Waals surface area (Å²) in [5.74, 6) is -0.784. The molecule has 0 aliphatic carbocycles. The van der Waals surface area contributed by atoms with Crippen LogP contribution in [0.25, 0.3) is 0 Å². The Labute approximate surface area is 126 Å². The van der Waals surface area contributed by atoms with Crippen LogP contribution in [-0.4, -0.2) is 43.0 Å². The highest BCUT2D eigenvalue weighted by molar-refractivity contribution is 5.98. The highest BCUT2D eigenvalue weighted by Crippen LogP contribution is 2.25. The molecule has 0 radical (unpaired) electrons. The molecule has 1 aliphatic heterocycles. The summed E-state index contributed by atoms with van der Waals surface area (Å²) in [6.07, 6.45) is 2.10. The molecule has 0 bridgehead atoms. The van der Waals surface area contributed by atoms with Crippen molar-refractivity contribution in [2.75, 3.05) is 26.7 Å². The molecule has 3 nitrogen and oxygen atoms in total. The third kappa shape index (κ3) is 3.89. The number of hydrogen-bond donors (Lipinski definition) is 0. The van der Waals surface area contributed by atoms with E-state index in [1.54, 1.807) is 25.3 Å². The maximum atomic E-state index is 13.7. The predicted molar refractivity (Wildman–Crippen MR) is 81.0 cm³/mol. The Bertz CT molecular complexity index is 505. The fourth-order valence-electron chi connectivity index (χ4n) is 3.03. The first-order chi connectivity index (χ1) is 9.95. The van der Waals surface area contributed by atoms with E-state index < -0.39 is 5.82 Å². The summed E-state index contributed by atoms with van der Waals surface area (Å²) in [5.41, 5.74) is 0.0513. The number of hydrogen-bond acceptors (Lipinski definition) is 3. The van der Waals surface area contributed by atoms with Crippen LogP contribution in [0, 0.1) is 11.7 Å². The average Bonchev–Trinajstić information content (AvgIpc) is 2.47. The number of nitrogens with zero attached hydrogens (tertiary/aromatic N) is 1. The van der Waals surface area contributed by atoms with Crippen LogP contribution in [0.3, 0.4) is 0 Å². The summed E-state index contributed by atoms with van der Waals surface area (Å²) < 4.78 is 19.3. The summed E-state index contributed by atoms with van der Waals surface area (Å²) in [7, 11) is 1.73. The predicted octanol–water partition coefficient (Wildman–Crippen LogP) is 3.15. The molecule has 116 valence electrons. The van der Waals surface area contributed by atoms with E-state index in [1.807, 2.05) is 6.92 Å². The van der Waals surface area contributed by atoms with E-state index in [1.165, 1.54) is 6.07 Å². The number of Topliss-reactive ketones (excluding diaryl/α,β-unsaturated/α-hetero) is 1. The van der Waals surface area contributed by atoms with Gasteiger partial charge in [-0.25, -0.2) is 4.39 Å². The SMILES string of the molecule is COC1(C)CCCN(CC(C)C(=O)c2ccccc2F)C1. The molecule has 0 N–H and O–H groups in total. The first-order valence-corrected chi connectivity index (χ1v) is 7.51. The number of methoxy groups -OCH3 is 1. The molecular weight excluding hydrogens is 269 g/mol. The third-order valence-electron chi connectivity index (χ3n) is 4.35. The Morgan fingerprint density at radius 3 is 2.86 bits per heavy atom. The number of benzene rings is 1. The van der Waals surface area contributed by atoms with Crippen LogP contribution >= 0.6 is 0 Å². The summed E-state index contributed by atoms with van der Waals surface area (Å²) in [6, 6.07) is 6.20. The van der Waals surface area contributed by atoms with Gasteiger partial charge in [-0.05, 0) is 38.4 Å². The minimum Gasteiger partial charge on any atom is -0.377 e. The molecule has 2 unspecified atom stereocenters. The number of likely N-dealkylation sites (tertiary alicyclic amines) is 1. The Hall–Kier alpha value is -1.26. The quantitative estimate of drug-likeness (QED) is 0.781. The first-order valence-electron chi connectivity index (χ1n) is 7.51. The summed E-state index contributed by atoms with van der Waals surface area (Å²) in [6.45, 7) is 6.40. The van der Waals surface area contributed by atoms with Gasteiger partial charge in [0.15, 0.2) is 5.78 Å². The molecule has 2 atom stereocenters. The van der Waals surface area contributed by atoms with Gasteiger partial charge < -0.3 is 4.74 Å². The van der Waals surface area contributed by atoms with Gasteiger partial charge in [0, 0.05) is 26.1 Å². The van der Waals surface area contributed by atoms with Crippen molar-refractivity contribution in [3.63, 3.8) is 0 Å². The van der Waals surface area contributed by atoms with Crippen molar-refractivity contribution in [1.82, 2.24) is 4.90 Å². The molecule has 1 fully saturated rings. The minimum atomic E-state index is -0.435. The first kappa shape index (κ1) is 16.1. The largest absolute Gasteiger partial charge is 0.377 e. The summed E-state index contributed by atoms with van der Waals surface area (Å²) in [4.78, 5) is 14.6. The number of carbonyl (C=O) groups excluding carboxylic acids is 1. The zero-order valence-electron chi connectivity index (χ0n) is 13.1. The highest BCUT2D eigenvalue weighted by atomic mass is 19.1. The number of carbonyl (C=O) groups is 1. The van der Waals surface area contributed by atoms with Crippen molar-refractivity contribution in [3.05, 3.63) is 35.6 Å². The van der Waals surface area contributed by atoms with Gasteiger partial charge in [0.05, 0.1) is 11.2 Å². The second-order valence-corrected chi connectivity index (χ2v) is 6.24. The van der Waals surface area contributed by atoms with Gasteiger partial charge in [-0.2, -0.15) is 0 Å². The molecule has 2 rings (SSSR count). The molecule has 0 saturated carbocycles. The lowest BCUT2D eigenvalue weighted by Crippen LogP contribution is -2.49. The Kier molecular flexibility index (Phi) is 5.12. The van der Waals surface area contributed by atoms with Crippen molar-refractivity contribution in [3.8, 4) is 0 Å². The molecule has 1 aliphatic rings. The van der Waals surface area contributed by atoms with Gasteiger partial charge >= 0.3 is 0 Å². The highest BCUT2D eigenvalue weighted by Gasteiger charge is 2.32. The molecule has 0 aromatic heterocycles. The number of piperidine rings is 1. The number of ketones is 1. The van der Waals surface area contributed by atoms with Crippen molar-refractivity contribution in [2.24, 2.45) is 5.92 Å². The monoisotopic (exact) mass is 293 g/mol. The van der Waals surface area contributed by atoms with Gasteiger partial charge in [-0.15, -0.1) is 0 Å². The van der Waals surface area contributed by atoms with E-state index in [9.17, 15) is 9.18 Å². The maximum absolute atomic E-state index is 13.7. The van der Waals surface area contributed by atoms with E-state index in [0.29, 0.717) is 6.54 Å². The smallest absolute Gasteiger partial charge is 0.169 e. The zero-order valence-corrected chi connectivity index (χ0v) is 13.1. The maximum Gasteiger partial charge on any atom is 0.169 e. The van der Waals surface area contributed by atoms with Crippen LogP contribution in [0.4, 0.5) is 4.39 Å². The molecule has 1 saturated heterocycles. The van der Waals surface area contributed by atoms with Gasteiger partial charge in [-0.3, -0.25) is 9.69 Å². The lowest BCUT2D eigenvalue weighted by molar-refractivity contribution is -0.0525. The molecule has 1 aromatic rings. The molecular formula is C17H24FNO2. The second-order valence-electron chi connectivity index (χ2n) is 6.24. The van der Waals surface area contributed by atoms with E-state index in [-0.39, 0.29) is 22.9 Å². The Balaban J connectivity index is 2.00. The van der Waals surface area contributed by atoms with Crippen LogP contribution < -0.4 is 0 Å². The van der Waals surface area contributed by atoms with Gasteiger partial charge in [0.2, 0.25) is 0 Å². The van der Waals surface area contributed by atoms with Crippen LogP contribution in [0.1, 0.15) is 37.0 Å². The average molecular weight is 293 g/mol. The van der Waals surface area contributed by atoms with Crippen molar-refractivity contribution >= 4 is 5.78 Å². The van der Waals surface area contributed by atoms with E-state index in [4.69, 9.17) is 4.74 Å². The number of ether oxygens (including phenoxy) is 1. The molecule has 1 aromatic carbocycles. The third-order valence-corrected chi connectivity index (χ3v) is 4.35. The topological polar surface area (TPSA) is 29.5 Å². The molecule has 21 heavy (non-hydrogen) atoms. The molecule has 0 amide bonds. The lowest BCUT2D eigenvalue weighted by Gasteiger charge is -2.40. The second kappa shape index (κ2) is 6.67. The fraction of sp³-hybridized carbons (Fsp3) is 0.588. The normalized spacial score (nSPS) is 24.8. The summed E-state index contributed by atoms with van der Waals surface area (Å²) >= 11 is 0. The summed E-state index contributed by atoms with van der Waals surface area (Å²) in [5, 5.41) is 0. The standard InChI is InChI=1S/C17H24FNO2/c1-13(16(20)14-7-4-5-8-15(14)18)11-19-10-6-9-17(2,12-19)21-3/h4-5,7-8,13H,6,9-12H2,1-3H3. The van der Waals surface area contributed by atoms with E-state index in [0.717, 1.165) is 25.9 Å². The van der Waals surface area contributed by atoms with Crippen LogP contribution in [0.15, 0.2) is 24.3 Å². The fourth-order valence-corrected chi connectivity index (χ4v) is 3.03. The number of rotatable bonds is 5. The van der Waals surface area contributed by atoms with E-state index >= 15 is 0 Å². The van der Waals surface area contributed by atoms with Crippen molar-refractivity contribution in [1.29, 1.82) is 0 Å². The Morgan fingerprint density at radius 2 is 2.19 bits per heavy atom. The van der Waals surface area contributed by atoms with Gasteiger partial charge in [-0.1, -0.05) is 19.1 Å². The molecule has 0 spiro atoms. The van der Waals surface area contributed by atoms with E-state index in [2.05, 4.69) is 11.8 Å². The minimum absolute atomic E-state index is 0.127. The van der Waals surface area contributed by atoms with Crippen molar-refractivity contribution in [2.45, 2.75) is 32.3 Å². The molecule has 4 heteroatoms. The van der Waals surface area contributed by atoms with Crippen LogP contribution in [0.5, 0.6) is 0 Å².